The lowest BCUT2D eigenvalue weighted by atomic mass is 10.4. The van der Waals surface area contributed by atoms with Crippen LogP contribution in [0.1, 0.15) is 6.92 Å². The standard InChI is InChI=1S/C11H19BrN6/c1-3-13-10-9(12)11(15-8-14-10)16-18-6-4-17(2)5-7-18/h8H,3-7H2,1-2H3,(H2,13,14,15,16). The van der Waals surface area contributed by atoms with Crippen LogP contribution < -0.4 is 10.7 Å². The van der Waals surface area contributed by atoms with Crippen molar-refractivity contribution >= 4 is 27.6 Å². The molecule has 0 radical (unpaired) electrons. The number of hydrogen-bond donors (Lipinski definition) is 2. The van der Waals surface area contributed by atoms with Gasteiger partial charge in [0.15, 0.2) is 5.82 Å². The summed E-state index contributed by atoms with van der Waals surface area (Å²) in [5.41, 5.74) is 3.34. The number of hydrogen-bond acceptors (Lipinski definition) is 6. The second kappa shape index (κ2) is 6.31. The van der Waals surface area contributed by atoms with Gasteiger partial charge in [-0.25, -0.2) is 15.0 Å². The van der Waals surface area contributed by atoms with E-state index in [2.05, 4.69) is 53.6 Å². The van der Waals surface area contributed by atoms with Crippen LogP contribution >= 0.6 is 15.9 Å². The van der Waals surface area contributed by atoms with E-state index in [1.165, 1.54) is 0 Å². The van der Waals surface area contributed by atoms with Crippen molar-refractivity contribution < 1.29 is 0 Å². The maximum atomic E-state index is 4.27. The van der Waals surface area contributed by atoms with Crippen molar-refractivity contribution in [3.63, 3.8) is 0 Å². The fourth-order valence-electron chi connectivity index (χ4n) is 1.81. The van der Waals surface area contributed by atoms with E-state index in [9.17, 15) is 0 Å². The van der Waals surface area contributed by atoms with Crippen molar-refractivity contribution in [2.75, 3.05) is 50.5 Å². The van der Waals surface area contributed by atoms with Crippen LogP contribution in [0.4, 0.5) is 11.6 Å². The lowest BCUT2D eigenvalue weighted by Gasteiger charge is -2.32. The Balaban J connectivity index is 2.02. The highest BCUT2D eigenvalue weighted by Gasteiger charge is 2.16. The Bertz CT molecular complexity index is 391. The maximum absolute atomic E-state index is 4.27. The highest BCUT2D eigenvalue weighted by atomic mass is 79.9. The molecule has 2 heterocycles. The van der Waals surface area contributed by atoms with Crippen LogP contribution in [0.25, 0.3) is 0 Å². The molecular formula is C11H19BrN6. The maximum Gasteiger partial charge on any atom is 0.160 e. The van der Waals surface area contributed by atoms with E-state index in [1.807, 2.05) is 6.92 Å². The largest absolute Gasteiger partial charge is 0.369 e. The molecule has 6 nitrogen and oxygen atoms in total. The monoisotopic (exact) mass is 314 g/mol. The molecule has 2 N–H and O–H groups in total. The Kier molecular flexibility index (Phi) is 4.73. The molecule has 1 aromatic heterocycles. The Morgan fingerprint density at radius 1 is 1.22 bits per heavy atom. The van der Waals surface area contributed by atoms with E-state index in [0.29, 0.717) is 0 Å². The van der Waals surface area contributed by atoms with Gasteiger partial charge in [-0.3, -0.25) is 0 Å². The van der Waals surface area contributed by atoms with Gasteiger partial charge in [0.05, 0.1) is 0 Å². The van der Waals surface area contributed by atoms with Gasteiger partial charge in [0.2, 0.25) is 0 Å². The van der Waals surface area contributed by atoms with Crippen LogP contribution in [0.3, 0.4) is 0 Å². The molecule has 2 rings (SSSR count). The number of halogens is 1. The van der Waals surface area contributed by atoms with Crippen molar-refractivity contribution in [2.45, 2.75) is 6.92 Å². The fraction of sp³-hybridized carbons (Fsp3) is 0.636. The molecule has 1 aliphatic heterocycles. The van der Waals surface area contributed by atoms with Gasteiger partial charge in [-0.2, -0.15) is 0 Å². The van der Waals surface area contributed by atoms with E-state index in [-0.39, 0.29) is 0 Å². The summed E-state index contributed by atoms with van der Waals surface area (Å²) in [7, 11) is 2.14. The molecule has 1 aliphatic rings. The second-order valence-electron chi connectivity index (χ2n) is 4.32. The van der Waals surface area contributed by atoms with Gasteiger partial charge in [-0.05, 0) is 29.9 Å². The van der Waals surface area contributed by atoms with Crippen molar-refractivity contribution in [3.05, 3.63) is 10.8 Å². The summed E-state index contributed by atoms with van der Waals surface area (Å²) in [6.07, 6.45) is 1.57. The number of aromatic nitrogens is 2. The van der Waals surface area contributed by atoms with E-state index < -0.39 is 0 Å². The summed E-state index contributed by atoms with van der Waals surface area (Å²) >= 11 is 3.53. The summed E-state index contributed by atoms with van der Waals surface area (Å²) in [6.45, 7) is 6.99. The third kappa shape index (κ3) is 3.30. The van der Waals surface area contributed by atoms with Crippen molar-refractivity contribution in [3.8, 4) is 0 Å². The van der Waals surface area contributed by atoms with E-state index >= 15 is 0 Å². The first-order valence-electron chi connectivity index (χ1n) is 6.15. The highest BCUT2D eigenvalue weighted by Crippen LogP contribution is 2.26. The normalized spacial score (nSPS) is 17.7. The van der Waals surface area contributed by atoms with Gasteiger partial charge in [0.25, 0.3) is 0 Å². The van der Waals surface area contributed by atoms with Gasteiger partial charge in [-0.1, -0.05) is 0 Å². The fourth-order valence-corrected chi connectivity index (χ4v) is 2.24. The quantitative estimate of drug-likeness (QED) is 0.872. The number of anilines is 2. The number of hydrazine groups is 1. The summed E-state index contributed by atoms with van der Waals surface area (Å²) in [6, 6.07) is 0. The SMILES string of the molecule is CCNc1ncnc(NN2CCN(C)CC2)c1Br. The molecule has 1 aromatic rings. The van der Waals surface area contributed by atoms with Crippen LogP contribution in [0.5, 0.6) is 0 Å². The van der Waals surface area contributed by atoms with Crippen molar-refractivity contribution in [1.82, 2.24) is 19.9 Å². The van der Waals surface area contributed by atoms with Crippen LogP contribution in [0.2, 0.25) is 0 Å². The molecule has 1 saturated heterocycles. The Morgan fingerprint density at radius 2 is 1.89 bits per heavy atom. The minimum atomic E-state index is 0.811. The molecule has 18 heavy (non-hydrogen) atoms. The average Bonchev–Trinajstić information content (AvgIpc) is 2.37. The molecule has 0 saturated carbocycles. The number of nitrogens with zero attached hydrogens (tertiary/aromatic N) is 4. The number of rotatable bonds is 4. The third-order valence-corrected chi connectivity index (χ3v) is 3.65. The van der Waals surface area contributed by atoms with Crippen LogP contribution in [0.15, 0.2) is 10.8 Å². The number of likely N-dealkylation sites (N-methyl/N-ethyl adjacent to an activating group) is 1. The van der Waals surface area contributed by atoms with Gasteiger partial charge >= 0.3 is 0 Å². The number of nitrogens with one attached hydrogen (secondary N) is 2. The first-order valence-corrected chi connectivity index (χ1v) is 6.94. The molecule has 1 fully saturated rings. The number of piperazine rings is 1. The zero-order valence-electron chi connectivity index (χ0n) is 10.8. The Labute approximate surface area is 116 Å². The smallest absolute Gasteiger partial charge is 0.160 e. The van der Waals surface area contributed by atoms with Crippen molar-refractivity contribution in [2.24, 2.45) is 0 Å². The van der Waals surface area contributed by atoms with Gasteiger partial charge < -0.3 is 15.6 Å². The predicted octanol–water partition coefficient (Wildman–Crippen LogP) is 1.25. The highest BCUT2D eigenvalue weighted by molar-refractivity contribution is 9.10. The van der Waals surface area contributed by atoms with Crippen LogP contribution in [-0.2, 0) is 0 Å². The zero-order valence-corrected chi connectivity index (χ0v) is 12.4. The molecule has 0 aliphatic carbocycles. The molecule has 0 spiro atoms. The first-order chi connectivity index (χ1) is 8.70. The van der Waals surface area contributed by atoms with Crippen LogP contribution in [0, 0.1) is 0 Å². The minimum Gasteiger partial charge on any atom is -0.369 e. The molecule has 0 amide bonds. The lowest BCUT2D eigenvalue weighted by Crippen LogP contribution is -2.47. The summed E-state index contributed by atoms with van der Waals surface area (Å²) in [4.78, 5) is 10.8. The predicted molar refractivity (Wildman–Crippen MR) is 76.6 cm³/mol. The van der Waals surface area contributed by atoms with Gasteiger partial charge in [0, 0.05) is 32.7 Å². The van der Waals surface area contributed by atoms with Crippen LogP contribution in [-0.4, -0.2) is 59.6 Å². The van der Waals surface area contributed by atoms with Crippen molar-refractivity contribution in [1.29, 1.82) is 0 Å². The zero-order chi connectivity index (χ0) is 13.0. The molecule has 0 bridgehead atoms. The molecular weight excluding hydrogens is 296 g/mol. The van der Waals surface area contributed by atoms with E-state index in [0.717, 1.165) is 48.8 Å². The second-order valence-corrected chi connectivity index (χ2v) is 5.11. The molecule has 0 atom stereocenters. The topological polar surface area (TPSA) is 56.3 Å². The average molecular weight is 315 g/mol. The summed E-state index contributed by atoms with van der Waals surface area (Å²) < 4.78 is 0.880. The molecule has 0 unspecified atom stereocenters. The third-order valence-electron chi connectivity index (χ3n) is 2.90. The van der Waals surface area contributed by atoms with E-state index in [4.69, 9.17) is 0 Å². The molecule has 7 heteroatoms. The Hall–Kier alpha value is -0.920. The lowest BCUT2D eigenvalue weighted by molar-refractivity contribution is 0.178. The van der Waals surface area contributed by atoms with E-state index in [1.54, 1.807) is 6.33 Å². The summed E-state index contributed by atoms with van der Waals surface area (Å²) in [5.74, 6) is 1.63. The summed E-state index contributed by atoms with van der Waals surface area (Å²) in [5, 5.41) is 5.38. The minimum absolute atomic E-state index is 0.811. The van der Waals surface area contributed by atoms with Gasteiger partial charge in [-0.15, -0.1) is 0 Å². The molecule has 0 aromatic carbocycles. The Morgan fingerprint density at radius 3 is 2.56 bits per heavy atom. The first kappa shape index (κ1) is 13.5. The van der Waals surface area contributed by atoms with Gasteiger partial charge in [0.1, 0.15) is 16.6 Å². The molecule has 100 valence electrons.